The minimum atomic E-state index is -0.653. The fraction of sp³-hybridized carbons (Fsp3) is 0.154. The molecule has 0 bridgehead atoms. The molecule has 1 atom stereocenters. The molecule has 3 N–H and O–H groups in total. The van der Waals surface area contributed by atoms with Gasteiger partial charge in [0.25, 0.3) is 0 Å². The predicted molar refractivity (Wildman–Crippen MR) is 72.1 cm³/mol. The van der Waals surface area contributed by atoms with E-state index in [0.29, 0.717) is 6.42 Å². The first-order valence-corrected chi connectivity index (χ1v) is 6.41. The number of aromatic nitrogens is 1. The number of hydrazine groups is 1. The van der Waals surface area contributed by atoms with Crippen molar-refractivity contribution in [2.24, 2.45) is 5.84 Å². The highest BCUT2D eigenvalue weighted by molar-refractivity contribution is 9.10. The third-order valence-electron chi connectivity index (χ3n) is 2.82. The van der Waals surface area contributed by atoms with E-state index in [1.807, 2.05) is 0 Å². The van der Waals surface area contributed by atoms with Crippen LogP contribution in [-0.2, 0) is 6.42 Å². The Morgan fingerprint density at radius 3 is 2.53 bits per heavy atom. The highest BCUT2D eigenvalue weighted by atomic mass is 79.9. The number of hydrogen-bond donors (Lipinski definition) is 2. The number of nitrogens with two attached hydrogens (primary N) is 1. The van der Waals surface area contributed by atoms with E-state index in [4.69, 9.17) is 5.84 Å². The first-order chi connectivity index (χ1) is 9.13. The van der Waals surface area contributed by atoms with Gasteiger partial charge in [-0.15, -0.1) is 0 Å². The number of nitrogens with one attached hydrogen (secondary N) is 1. The fourth-order valence-electron chi connectivity index (χ4n) is 1.86. The molecule has 1 aromatic carbocycles. The minimum absolute atomic E-state index is 0.0753. The van der Waals surface area contributed by atoms with Crippen molar-refractivity contribution >= 4 is 15.9 Å². The molecular formula is C13H12BrF2N3. The van der Waals surface area contributed by atoms with Crippen molar-refractivity contribution in [3.63, 3.8) is 0 Å². The highest BCUT2D eigenvalue weighted by Crippen LogP contribution is 2.28. The van der Waals surface area contributed by atoms with Gasteiger partial charge in [-0.1, -0.05) is 0 Å². The van der Waals surface area contributed by atoms with Gasteiger partial charge in [0.2, 0.25) is 0 Å². The molecule has 0 saturated heterocycles. The van der Waals surface area contributed by atoms with Gasteiger partial charge < -0.3 is 0 Å². The van der Waals surface area contributed by atoms with Crippen molar-refractivity contribution in [1.82, 2.24) is 10.4 Å². The Kier molecular flexibility index (Phi) is 4.57. The number of benzene rings is 1. The summed E-state index contributed by atoms with van der Waals surface area (Å²) in [4.78, 5) is 3.89. The summed E-state index contributed by atoms with van der Waals surface area (Å²) in [6.45, 7) is 0. The summed E-state index contributed by atoms with van der Waals surface area (Å²) in [5, 5.41) is 0. The van der Waals surface area contributed by atoms with Crippen LogP contribution < -0.4 is 11.3 Å². The molecule has 19 heavy (non-hydrogen) atoms. The molecule has 0 aliphatic rings. The van der Waals surface area contributed by atoms with Gasteiger partial charge in [-0.25, -0.2) is 8.78 Å². The van der Waals surface area contributed by atoms with Crippen molar-refractivity contribution in [2.45, 2.75) is 12.5 Å². The number of nitrogens with zero attached hydrogens (tertiary/aromatic N) is 1. The van der Waals surface area contributed by atoms with Gasteiger partial charge in [0.15, 0.2) is 0 Å². The number of rotatable bonds is 4. The Bertz CT molecular complexity index is 563. The second kappa shape index (κ2) is 6.18. The molecule has 0 amide bonds. The van der Waals surface area contributed by atoms with Crippen molar-refractivity contribution in [3.8, 4) is 0 Å². The molecular weight excluding hydrogens is 316 g/mol. The maximum absolute atomic E-state index is 14.0. The molecule has 0 aliphatic heterocycles. The molecule has 0 saturated carbocycles. The molecule has 1 unspecified atom stereocenters. The van der Waals surface area contributed by atoms with Crippen molar-refractivity contribution < 1.29 is 8.78 Å². The zero-order chi connectivity index (χ0) is 13.8. The molecule has 100 valence electrons. The third kappa shape index (κ3) is 3.15. The summed E-state index contributed by atoms with van der Waals surface area (Å²) in [6, 6.07) is 5.43. The van der Waals surface area contributed by atoms with E-state index < -0.39 is 17.7 Å². The van der Waals surface area contributed by atoms with E-state index in [0.717, 1.165) is 5.56 Å². The van der Waals surface area contributed by atoms with E-state index in [2.05, 4.69) is 26.3 Å². The third-order valence-corrected chi connectivity index (χ3v) is 3.43. The fourth-order valence-corrected chi connectivity index (χ4v) is 2.21. The lowest BCUT2D eigenvalue weighted by molar-refractivity contribution is 0.470. The van der Waals surface area contributed by atoms with E-state index >= 15 is 0 Å². The van der Waals surface area contributed by atoms with Crippen LogP contribution in [0.3, 0.4) is 0 Å². The first kappa shape index (κ1) is 14.0. The van der Waals surface area contributed by atoms with Crippen LogP contribution in [0.1, 0.15) is 17.2 Å². The van der Waals surface area contributed by atoms with Gasteiger partial charge in [0.05, 0.1) is 10.5 Å². The average Bonchev–Trinajstić information content (AvgIpc) is 2.43. The van der Waals surface area contributed by atoms with Crippen LogP contribution in [0.2, 0.25) is 0 Å². The molecule has 0 aliphatic carbocycles. The van der Waals surface area contributed by atoms with Gasteiger partial charge in [-0.2, -0.15) is 0 Å². The summed E-state index contributed by atoms with van der Waals surface area (Å²) < 4.78 is 28.0. The molecule has 2 rings (SSSR count). The number of halogens is 3. The van der Waals surface area contributed by atoms with E-state index in [1.54, 1.807) is 24.5 Å². The minimum Gasteiger partial charge on any atom is -0.271 e. The van der Waals surface area contributed by atoms with Crippen LogP contribution in [0, 0.1) is 11.6 Å². The monoisotopic (exact) mass is 327 g/mol. The molecule has 0 radical (unpaired) electrons. The summed E-state index contributed by atoms with van der Waals surface area (Å²) in [5.74, 6) is 4.16. The second-order valence-electron chi connectivity index (χ2n) is 4.04. The average molecular weight is 328 g/mol. The van der Waals surface area contributed by atoms with Crippen molar-refractivity contribution in [3.05, 3.63) is 63.9 Å². The zero-order valence-electron chi connectivity index (χ0n) is 9.91. The predicted octanol–water partition coefficient (Wildman–Crippen LogP) is 2.87. The van der Waals surface area contributed by atoms with Gasteiger partial charge in [0.1, 0.15) is 11.6 Å². The van der Waals surface area contributed by atoms with Gasteiger partial charge >= 0.3 is 0 Å². The lowest BCUT2D eigenvalue weighted by Crippen LogP contribution is -2.31. The van der Waals surface area contributed by atoms with Gasteiger partial charge in [0, 0.05) is 18.0 Å². The quantitative estimate of drug-likeness (QED) is 0.515. The Morgan fingerprint density at radius 2 is 1.89 bits per heavy atom. The molecule has 3 nitrogen and oxygen atoms in total. The van der Waals surface area contributed by atoms with Gasteiger partial charge in [-0.3, -0.25) is 16.3 Å². The van der Waals surface area contributed by atoms with Crippen LogP contribution in [0.15, 0.2) is 41.1 Å². The normalized spacial score (nSPS) is 12.4. The van der Waals surface area contributed by atoms with Crippen LogP contribution >= 0.6 is 15.9 Å². The maximum Gasteiger partial charge on any atom is 0.145 e. The largest absolute Gasteiger partial charge is 0.271 e. The Balaban J connectivity index is 2.35. The Hall–Kier alpha value is -1.37. The molecule has 2 aromatic rings. The van der Waals surface area contributed by atoms with Crippen molar-refractivity contribution in [1.29, 1.82) is 0 Å². The summed E-state index contributed by atoms with van der Waals surface area (Å²) in [5.41, 5.74) is 3.27. The summed E-state index contributed by atoms with van der Waals surface area (Å²) in [6.07, 6.45) is 3.61. The standard InChI is InChI=1S/C13H12BrF2N3/c14-9-1-2-10(15)12(13(9)16)11(19-17)7-8-3-5-18-6-4-8/h1-6,11,19H,7,17H2. The number of hydrogen-bond acceptors (Lipinski definition) is 3. The number of pyridine rings is 1. The van der Waals surface area contributed by atoms with Crippen LogP contribution in [0.4, 0.5) is 8.78 Å². The topological polar surface area (TPSA) is 50.9 Å². The highest BCUT2D eigenvalue weighted by Gasteiger charge is 2.21. The lowest BCUT2D eigenvalue weighted by atomic mass is 9.99. The van der Waals surface area contributed by atoms with Crippen LogP contribution in [-0.4, -0.2) is 4.98 Å². The maximum atomic E-state index is 14.0. The molecule has 0 fully saturated rings. The summed E-state index contributed by atoms with van der Waals surface area (Å²) in [7, 11) is 0. The lowest BCUT2D eigenvalue weighted by Gasteiger charge is -2.18. The zero-order valence-corrected chi connectivity index (χ0v) is 11.5. The van der Waals surface area contributed by atoms with Crippen molar-refractivity contribution in [2.75, 3.05) is 0 Å². The molecule has 1 heterocycles. The SMILES string of the molecule is NNC(Cc1ccncc1)c1c(F)ccc(Br)c1F. The Labute approximate surface area is 117 Å². The molecule has 6 heteroatoms. The Morgan fingerprint density at radius 1 is 1.21 bits per heavy atom. The molecule has 1 aromatic heterocycles. The van der Waals surface area contributed by atoms with E-state index in [1.165, 1.54) is 12.1 Å². The van der Waals surface area contributed by atoms with Gasteiger partial charge in [-0.05, 0) is 52.2 Å². The summed E-state index contributed by atoms with van der Waals surface area (Å²) >= 11 is 3.04. The second-order valence-corrected chi connectivity index (χ2v) is 4.89. The van der Waals surface area contributed by atoms with Crippen LogP contribution in [0.5, 0.6) is 0 Å². The first-order valence-electron chi connectivity index (χ1n) is 5.62. The smallest absolute Gasteiger partial charge is 0.145 e. The van der Waals surface area contributed by atoms with Crippen LogP contribution in [0.25, 0.3) is 0 Å². The van der Waals surface area contributed by atoms with E-state index in [-0.39, 0.29) is 10.0 Å². The molecule has 0 spiro atoms. The van der Waals surface area contributed by atoms with E-state index in [9.17, 15) is 8.78 Å².